The fraction of sp³-hybridized carbons (Fsp3) is 0.611. The van der Waals surface area contributed by atoms with E-state index in [2.05, 4.69) is 45.1 Å². The number of carbonyl (C=O) groups is 1. The van der Waals surface area contributed by atoms with E-state index in [0.29, 0.717) is 12.5 Å². The van der Waals surface area contributed by atoms with Crippen LogP contribution in [0.15, 0.2) is 12.1 Å². The Morgan fingerprint density at radius 2 is 1.86 bits per heavy atom. The highest BCUT2D eigenvalue weighted by atomic mass is 16.6. The van der Waals surface area contributed by atoms with E-state index in [1.807, 2.05) is 20.8 Å². The number of hydrogen-bond acceptors (Lipinski definition) is 2. The zero-order valence-electron chi connectivity index (χ0n) is 14.5. The lowest BCUT2D eigenvalue weighted by Gasteiger charge is -2.21. The molecule has 0 aliphatic heterocycles. The van der Waals surface area contributed by atoms with Gasteiger partial charge >= 0.3 is 6.09 Å². The second kappa shape index (κ2) is 6.97. The summed E-state index contributed by atoms with van der Waals surface area (Å²) in [5.74, 6) is 0.589. The Bertz CT molecular complexity index is 499. The maximum atomic E-state index is 11.8. The van der Waals surface area contributed by atoms with Crippen LogP contribution in [0, 0.1) is 19.8 Å². The van der Waals surface area contributed by atoms with Crippen LogP contribution in [0.2, 0.25) is 0 Å². The van der Waals surface area contributed by atoms with Gasteiger partial charge in [0.25, 0.3) is 0 Å². The second-order valence-corrected chi connectivity index (χ2v) is 7.17. The molecular weight excluding hydrogens is 262 g/mol. The molecule has 1 rings (SSSR count). The third-order valence-electron chi connectivity index (χ3n) is 3.15. The van der Waals surface area contributed by atoms with Crippen molar-refractivity contribution >= 4 is 6.09 Å². The topological polar surface area (TPSA) is 38.3 Å². The van der Waals surface area contributed by atoms with E-state index < -0.39 is 5.60 Å². The first kappa shape index (κ1) is 17.5. The predicted octanol–water partition coefficient (Wildman–Crippen LogP) is 4.53. The molecule has 118 valence electrons. The van der Waals surface area contributed by atoms with Crippen molar-refractivity contribution in [3.8, 4) is 0 Å². The first-order valence-corrected chi connectivity index (χ1v) is 7.64. The van der Waals surface area contributed by atoms with E-state index in [0.717, 1.165) is 6.42 Å². The number of hydrogen-bond donors (Lipinski definition) is 1. The Hall–Kier alpha value is -1.51. The lowest BCUT2D eigenvalue weighted by molar-refractivity contribution is 0.0523. The summed E-state index contributed by atoms with van der Waals surface area (Å²) in [5.41, 5.74) is 4.55. The fourth-order valence-electron chi connectivity index (χ4n) is 2.44. The van der Waals surface area contributed by atoms with Gasteiger partial charge in [-0.3, -0.25) is 0 Å². The molecule has 21 heavy (non-hydrogen) atoms. The molecule has 0 bridgehead atoms. The SMILES string of the molecule is Cc1cc(C)c(CNC(=O)OC(C)(C)C)c(CC(C)C)c1. The van der Waals surface area contributed by atoms with Gasteiger partial charge in [-0.2, -0.15) is 0 Å². The van der Waals surface area contributed by atoms with Crippen molar-refractivity contribution in [2.24, 2.45) is 5.92 Å². The van der Waals surface area contributed by atoms with Gasteiger partial charge in [0, 0.05) is 6.54 Å². The Labute approximate surface area is 129 Å². The van der Waals surface area contributed by atoms with E-state index in [4.69, 9.17) is 4.74 Å². The maximum absolute atomic E-state index is 11.8. The van der Waals surface area contributed by atoms with Crippen LogP contribution in [-0.2, 0) is 17.7 Å². The highest BCUT2D eigenvalue weighted by molar-refractivity contribution is 5.67. The van der Waals surface area contributed by atoms with Crippen LogP contribution in [0.3, 0.4) is 0 Å². The van der Waals surface area contributed by atoms with E-state index in [1.54, 1.807) is 0 Å². The molecule has 0 fully saturated rings. The summed E-state index contributed by atoms with van der Waals surface area (Å²) >= 11 is 0. The highest BCUT2D eigenvalue weighted by Crippen LogP contribution is 2.20. The fourth-order valence-corrected chi connectivity index (χ4v) is 2.44. The van der Waals surface area contributed by atoms with Crippen LogP contribution in [-0.4, -0.2) is 11.7 Å². The summed E-state index contributed by atoms with van der Waals surface area (Å²) in [4.78, 5) is 11.8. The molecule has 0 aromatic heterocycles. The molecule has 1 aromatic carbocycles. The van der Waals surface area contributed by atoms with Crippen molar-refractivity contribution in [3.05, 3.63) is 34.4 Å². The van der Waals surface area contributed by atoms with Gasteiger partial charge in [-0.25, -0.2) is 4.79 Å². The molecule has 1 aromatic rings. The van der Waals surface area contributed by atoms with Gasteiger partial charge in [0.1, 0.15) is 5.60 Å². The van der Waals surface area contributed by atoms with Crippen LogP contribution in [0.1, 0.15) is 56.9 Å². The molecule has 3 heteroatoms. The molecule has 0 aliphatic rings. The zero-order chi connectivity index (χ0) is 16.2. The van der Waals surface area contributed by atoms with Gasteiger partial charge in [-0.1, -0.05) is 31.5 Å². The molecule has 1 N–H and O–H groups in total. The van der Waals surface area contributed by atoms with Gasteiger partial charge in [0.05, 0.1) is 0 Å². The minimum Gasteiger partial charge on any atom is -0.444 e. The lowest BCUT2D eigenvalue weighted by atomic mass is 9.93. The predicted molar refractivity (Wildman–Crippen MR) is 87.5 cm³/mol. The average molecular weight is 291 g/mol. The lowest BCUT2D eigenvalue weighted by Crippen LogP contribution is -2.32. The summed E-state index contributed by atoms with van der Waals surface area (Å²) in [7, 11) is 0. The quantitative estimate of drug-likeness (QED) is 0.885. The average Bonchev–Trinajstić information content (AvgIpc) is 2.23. The number of aryl methyl sites for hydroxylation is 2. The molecule has 3 nitrogen and oxygen atoms in total. The Morgan fingerprint density at radius 1 is 1.24 bits per heavy atom. The summed E-state index contributed by atoms with van der Waals surface area (Å²) < 4.78 is 5.29. The summed E-state index contributed by atoms with van der Waals surface area (Å²) in [6.45, 7) is 14.8. The van der Waals surface area contributed by atoms with Crippen LogP contribution >= 0.6 is 0 Å². The molecule has 0 radical (unpaired) electrons. The van der Waals surface area contributed by atoms with Crippen molar-refractivity contribution in [2.75, 3.05) is 0 Å². The smallest absolute Gasteiger partial charge is 0.407 e. The molecule has 0 unspecified atom stereocenters. The first-order valence-electron chi connectivity index (χ1n) is 7.64. The minimum absolute atomic E-state index is 0.363. The molecule has 0 saturated heterocycles. The van der Waals surface area contributed by atoms with E-state index in [-0.39, 0.29) is 6.09 Å². The molecular formula is C18H29NO2. The number of carbonyl (C=O) groups excluding carboxylic acids is 1. The normalized spacial score (nSPS) is 11.6. The number of nitrogens with one attached hydrogen (secondary N) is 1. The van der Waals surface area contributed by atoms with Crippen molar-refractivity contribution < 1.29 is 9.53 Å². The van der Waals surface area contributed by atoms with E-state index in [9.17, 15) is 4.79 Å². The number of benzene rings is 1. The molecule has 1 amide bonds. The molecule has 0 atom stereocenters. The second-order valence-electron chi connectivity index (χ2n) is 7.17. The Morgan fingerprint density at radius 3 is 2.38 bits per heavy atom. The summed E-state index contributed by atoms with van der Waals surface area (Å²) in [6.07, 6.45) is 0.659. The van der Waals surface area contributed by atoms with Gasteiger partial charge in [-0.05, 0) is 63.6 Å². The molecule has 0 saturated carbocycles. The third kappa shape index (κ3) is 6.19. The van der Waals surface area contributed by atoms with Crippen LogP contribution in [0.4, 0.5) is 4.79 Å². The summed E-state index contributed by atoms with van der Waals surface area (Å²) in [6, 6.07) is 4.38. The zero-order valence-corrected chi connectivity index (χ0v) is 14.5. The molecule has 0 aliphatic carbocycles. The van der Waals surface area contributed by atoms with Crippen LogP contribution < -0.4 is 5.32 Å². The van der Waals surface area contributed by atoms with Crippen molar-refractivity contribution in [3.63, 3.8) is 0 Å². The largest absolute Gasteiger partial charge is 0.444 e. The van der Waals surface area contributed by atoms with Crippen molar-refractivity contribution in [2.45, 2.75) is 67.0 Å². The van der Waals surface area contributed by atoms with Gasteiger partial charge in [0.2, 0.25) is 0 Å². The number of rotatable bonds is 4. The van der Waals surface area contributed by atoms with Crippen molar-refractivity contribution in [1.82, 2.24) is 5.32 Å². The Balaban J connectivity index is 2.84. The van der Waals surface area contributed by atoms with Crippen molar-refractivity contribution in [1.29, 1.82) is 0 Å². The highest BCUT2D eigenvalue weighted by Gasteiger charge is 2.17. The summed E-state index contributed by atoms with van der Waals surface area (Å²) in [5, 5.41) is 2.87. The standard InChI is InChI=1S/C18H29NO2/c1-12(2)8-15-10-13(3)9-14(4)16(15)11-19-17(20)21-18(5,6)7/h9-10,12H,8,11H2,1-7H3,(H,19,20). The van der Waals surface area contributed by atoms with Gasteiger partial charge < -0.3 is 10.1 Å². The molecule has 0 spiro atoms. The Kier molecular flexibility index (Phi) is 5.82. The number of ether oxygens (including phenoxy) is 1. The molecule has 0 heterocycles. The van der Waals surface area contributed by atoms with Crippen LogP contribution in [0.5, 0.6) is 0 Å². The van der Waals surface area contributed by atoms with Gasteiger partial charge in [-0.15, -0.1) is 0 Å². The third-order valence-corrected chi connectivity index (χ3v) is 3.15. The minimum atomic E-state index is -0.465. The van der Waals surface area contributed by atoms with Gasteiger partial charge in [0.15, 0.2) is 0 Å². The first-order chi connectivity index (χ1) is 9.58. The van der Waals surface area contributed by atoms with Crippen LogP contribution in [0.25, 0.3) is 0 Å². The maximum Gasteiger partial charge on any atom is 0.407 e. The number of alkyl carbamates (subject to hydrolysis) is 1. The van der Waals surface area contributed by atoms with E-state index >= 15 is 0 Å². The monoisotopic (exact) mass is 291 g/mol. The van der Waals surface area contributed by atoms with E-state index in [1.165, 1.54) is 22.3 Å². The number of amides is 1.